The lowest BCUT2D eigenvalue weighted by atomic mass is 9.98. The fraction of sp³-hybridized carbons (Fsp3) is 0.0714. The highest BCUT2D eigenvalue weighted by molar-refractivity contribution is 7.98. The number of oxime groups is 1. The molecule has 1 aliphatic rings. The summed E-state index contributed by atoms with van der Waals surface area (Å²) in [5.41, 5.74) is 3.90. The lowest BCUT2D eigenvalue weighted by Gasteiger charge is -2.06. The minimum atomic E-state index is 0.668. The molecule has 2 aromatic rings. The molecule has 84 valence electrons. The van der Waals surface area contributed by atoms with Gasteiger partial charge in [-0.3, -0.25) is 0 Å². The Labute approximate surface area is 104 Å². The number of hydrogen-bond donors (Lipinski definition) is 1. The zero-order chi connectivity index (χ0) is 11.7. The minimum Gasteiger partial charge on any atom is -0.410 e. The summed E-state index contributed by atoms with van der Waals surface area (Å²) in [6, 6.07) is 16.1. The zero-order valence-corrected chi connectivity index (χ0v) is 9.95. The predicted molar refractivity (Wildman–Crippen MR) is 69.9 cm³/mol. The number of nitrogens with zero attached hydrogens (tertiary/aromatic N) is 1. The Kier molecular flexibility index (Phi) is 2.61. The van der Waals surface area contributed by atoms with Crippen LogP contribution in [0.1, 0.15) is 16.7 Å². The Balaban J connectivity index is 2.27. The van der Waals surface area contributed by atoms with Crippen LogP contribution in [0.25, 0.3) is 0 Å². The SMILES string of the molecule is O/N=C1\c2ccccc2CSc2ccccc21. The van der Waals surface area contributed by atoms with E-state index in [1.807, 2.05) is 36.4 Å². The molecule has 0 aliphatic carbocycles. The number of fused-ring (bicyclic) bond motifs is 2. The Hall–Kier alpha value is -1.74. The maximum Gasteiger partial charge on any atom is 0.118 e. The van der Waals surface area contributed by atoms with Crippen molar-refractivity contribution >= 4 is 17.5 Å². The first-order valence-electron chi connectivity index (χ1n) is 5.42. The van der Waals surface area contributed by atoms with E-state index in [2.05, 4.69) is 17.3 Å². The van der Waals surface area contributed by atoms with Crippen molar-refractivity contribution in [3.8, 4) is 0 Å². The predicted octanol–water partition coefficient (Wildman–Crippen LogP) is 3.52. The molecule has 0 spiro atoms. The molecule has 2 nitrogen and oxygen atoms in total. The Morgan fingerprint density at radius 2 is 1.65 bits per heavy atom. The number of rotatable bonds is 0. The fourth-order valence-corrected chi connectivity index (χ4v) is 3.13. The van der Waals surface area contributed by atoms with Crippen LogP contribution in [0.5, 0.6) is 0 Å². The topological polar surface area (TPSA) is 32.6 Å². The van der Waals surface area contributed by atoms with Crippen molar-refractivity contribution in [2.45, 2.75) is 10.6 Å². The quantitative estimate of drug-likeness (QED) is 0.565. The van der Waals surface area contributed by atoms with E-state index in [1.165, 1.54) is 5.56 Å². The molecular weight excluding hydrogens is 230 g/mol. The number of hydrogen-bond acceptors (Lipinski definition) is 3. The van der Waals surface area contributed by atoms with Crippen molar-refractivity contribution in [1.82, 2.24) is 0 Å². The van der Waals surface area contributed by atoms with Crippen LogP contribution in [-0.2, 0) is 5.75 Å². The van der Waals surface area contributed by atoms with Gasteiger partial charge in [0.2, 0.25) is 0 Å². The van der Waals surface area contributed by atoms with E-state index in [0.717, 1.165) is 21.8 Å². The molecule has 1 heterocycles. The van der Waals surface area contributed by atoms with Gasteiger partial charge in [0.05, 0.1) is 0 Å². The summed E-state index contributed by atoms with van der Waals surface area (Å²) in [6.45, 7) is 0. The molecule has 17 heavy (non-hydrogen) atoms. The van der Waals surface area contributed by atoms with Crippen LogP contribution in [0, 0.1) is 0 Å². The number of benzene rings is 2. The van der Waals surface area contributed by atoms with Gasteiger partial charge in [-0.05, 0) is 11.6 Å². The first kappa shape index (κ1) is 10.4. The van der Waals surface area contributed by atoms with Crippen LogP contribution in [0.3, 0.4) is 0 Å². The summed E-state index contributed by atoms with van der Waals surface area (Å²) < 4.78 is 0. The molecule has 3 heteroatoms. The van der Waals surface area contributed by atoms with Crippen LogP contribution in [-0.4, -0.2) is 10.9 Å². The molecule has 0 aromatic heterocycles. The van der Waals surface area contributed by atoms with Crippen molar-refractivity contribution in [3.05, 3.63) is 65.2 Å². The van der Waals surface area contributed by atoms with Crippen molar-refractivity contribution < 1.29 is 5.21 Å². The fourth-order valence-electron chi connectivity index (χ4n) is 2.07. The molecule has 0 unspecified atom stereocenters. The van der Waals surface area contributed by atoms with Gasteiger partial charge in [-0.1, -0.05) is 47.6 Å². The third kappa shape index (κ3) is 1.72. The molecule has 1 N–H and O–H groups in total. The molecule has 0 radical (unpaired) electrons. The highest BCUT2D eigenvalue weighted by atomic mass is 32.2. The van der Waals surface area contributed by atoms with Crippen LogP contribution < -0.4 is 0 Å². The van der Waals surface area contributed by atoms with Crippen molar-refractivity contribution in [1.29, 1.82) is 0 Å². The van der Waals surface area contributed by atoms with Gasteiger partial charge in [0.1, 0.15) is 5.71 Å². The van der Waals surface area contributed by atoms with E-state index < -0.39 is 0 Å². The second kappa shape index (κ2) is 4.26. The Morgan fingerprint density at radius 3 is 2.47 bits per heavy atom. The van der Waals surface area contributed by atoms with E-state index in [0.29, 0.717) is 5.71 Å². The second-order valence-corrected chi connectivity index (χ2v) is 4.91. The summed E-state index contributed by atoms with van der Waals surface area (Å²) >= 11 is 1.78. The maximum absolute atomic E-state index is 9.29. The van der Waals surface area contributed by atoms with E-state index >= 15 is 0 Å². The van der Waals surface area contributed by atoms with Crippen molar-refractivity contribution in [2.24, 2.45) is 5.16 Å². The van der Waals surface area contributed by atoms with Gasteiger partial charge >= 0.3 is 0 Å². The molecule has 0 amide bonds. The van der Waals surface area contributed by atoms with Crippen LogP contribution in [0.4, 0.5) is 0 Å². The average Bonchev–Trinajstić information content (AvgIpc) is 2.55. The van der Waals surface area contributed by atoms with Gasteiger partial charge in [-0.25, -0.2) is 0 Å². The Bertz CT molecular complexity index is 543. The summed E-state index contributed by atoms with van der Waals surface area (Å²) in [4.78, 5) is 1.16. The van der Waals surface area contributed by atoms with Gasteiger partial charge in [0.25, 0.3) is 0 Å². The summed E-state index contributed by atoms with van der Waals surface area (Å²) in [6.07, 6.45) is 0. The lowest BCUT2D eigenvalue weighted by Crippen LogP contribution is -2.05. The average molecular weight is 241 g/mol. The van der Waals surface area contributed by atoms with Crippen LogP contribution in [0.15, 0.2) is 58.6 Å². The summed E-state index contributed by atoms with van der Waals surface area (Å²) in [5, 5.41) is 12.8. The molecule has 1 aliphatic heterocycles. The maximum atomic E-state index is 9.29. The first-order chi connectivity index (χ1) is 8.40. The molecule has 0 fully saturated rings. The van der Waals surface area contributed by atoms with Crippen molar-refractivity contribution in [2.75, 3.05) is 0 Å². The third-order valence-corrected chi connectivity index (χ3v) is 4.02. The monoisotopic (exact) mass is 241 g/mol. The van der Waals surface area contributed by atoms with Gasteiger partial charge in [0, 0.05) is 21.8 Å². The Morgan fingerprint density at radius 1 is 0.941 bits per heavy atom. The standard InChI is InChI=1S/C14H11NOS/c16-15-14-11-6-2-1-5-10(11)9-17-13-8-4-3-7-12(13)14/h1-8,16H,9H2/b15-14+. The molecule has 3 rings (SSSR count). The van der Waals surface area contributed by atoms with Crippen molar-refractivity contribution in [3.63, 3.8) is 0 Å². The summed E-state index contributed by atoms with van der Waals surface area (Å²) in [5.74, 6) is 0.909. The van der Waals surface area contributed by atoms with Crippen LogP contribution in [0.2, 0.25) is 0 Å². The van der Waals surface area contributed by atoms with Gasteiger partial charge in [0.15, 0.2) is 0 Å². The van der Waals surface area contributed by atoms with Crippen LogP contribution >= 0.6 is 11.8 Å². The molecule has 0 bridgehead atoms. The minimum absolute atomic E-state index is 0.668. The first-order valence-corrected chi connectivity index (χ1v) is 6.41. The van der Waals surface area contributed by atoms with Gasteiger partial charge in [-0.2, -0.15) is 0 Å². The van der Waals surface area contributed by atoms with E-state index in [-0.39, 0.29) is 0 Å². The van der Waals surface area contributed by atoms with Gasteiger partial charge < -0.3 is 5.21 Å². The lowest BCUT2D eigenvalue weighted by molar-refractivity contribution is 0.319. The van der Waals surface area contributed by atoms with Gasteiger partial charge in [-0.15, -0.1) is 11.8 Å². The smallest absolute Gasteiger partial charge is 0.118 e. The summed E-state index contributed by atoms with van der Waals surface area (Å²) in [7, 11) is 0. The molecule has 0 saturated heterocycles. The second-order valence-electron chi connectivity index (χ2n) is 3.89. The highest BCUT2D eigenvalue weighted by Gasteiger charge is 2.19. The molecular formula is C14H11NOS. The van der Waals surface area contributed by atoms with E-state index in [9.17, 15) is 5.21 Å². The normalized spacial score (nSPS) is 16.1. The highest BCUT2D eigenvalue weighted by Crippen LogP contribution is 2.33. The number of thioether (sulfide) groups is 1. The molecule has 0 atom stereocenters. The molecule has 0 saturated carbocycles. The zero-order valence-electron chi connectivity index (χ0n) is 9.13. The molecule has 2 aromatic carbocycles. The third-order valence-electron chi connectivity index (χ3n) is 2.90. The largest absolute Gasteiger partial charge is 0.410 e. The van der Waals surface area contributed by atoms with E-state index in [1.54, 1.807) is 11.8 Å². The van der Waals surface area contributed by atoms with E-state index in [4.69, 9.17) is 0 Å².